The largest absolute Gasteiger partial charge is 0.352 e. The van der Waals surface area contributed by atoms with Gasteiger partial charge in [0, 0.05) is 19.5 Å². The standard InChI is InChI=1S/C19H24N2O3/c1-13-6-2-3-7-14(13)12-20-17(22)10-11-21-18(23)15-8-4-5-9-16(15)19(21)24/h2-3,6-7,15-16H,4-5,8-12H2,1H3,(H,20,22)/t15-,16-/m0/s1. The fourth-order valence-corrected chi connectivity index (χ4v) is 3.76. The lowest BCUT2D eigenvalue weighted by molar-refractivity contribution is -0.140. The quantitative estimate of drug-likeness (QED) is 0.843. The molecule has 2 atom stereocenters. The second-order valence-corrected chi connectivity index (χ2v) is 6.78. The van der Waals surface area contributed by atoms with E-state index in [4.69, 9.17) is 0 Å². The van der Waals surface area contributed by atoms with E-state index in [1.807, 2.05) is 31.2 Å². The van der Waals surface area contributed by atoms with E-state index in [1.54, 1.807) is 0 Å². The van der Waals surface area contributed by atoms with E-state index in [-0.39, 0.29) is 42.5 Å². The molecule has 5 heteroatoms. The van der Waals surface area contributed by atoms with Crippen LogP contribution in [0.15, 0.2) is 24.3 Å². The molecule has 1 aromatic rings. The smallest absolute Gasteiger partial charge is 0.233 e. The Morgan fingerprint density at radius 3 is 2.38 bits per heavy atom. The van der Waals surface area contributed by atoms with Crippen molar-refractivity contribution < 1.29 is 14.4 Å². The van der Waals surface area contributed by atoms with Crippen LogP contribution in [0.2, 0.25) is 0 Å². The van der Waals surface area contributed by atoms with Crippen LogP contribution in [0.1, 0.15) is 43.2 Å². The molecule has 24 heavy (non-hydrogen) atoms. The van der Waals surface area contributed by atoms with Gasteiger partial charge in [-0.1, -0.05) is 37.1 Å². The Balaban J connectivity index is 1.50. The zero-order chi connectivity index (χ0) is 17.1. The van der Waals surface area contributed by atoms with Crippen molar-refractivity contribution in [3.05, 3.63) is 35.4 Å². The van der Waals surface area contributed by atoms with E-state index in [2.05, 4.69) is 5.32 Å². The maximum atomic E-state index is 12.4. The van der Waals surface area contributed by atoms with E-state index >= 15 is 0 Å². The first-order valence-electron chi connectivity index (χ1n) is 8.74. The molecule has 0 radical (unpaired) electrons. The summed E-state index contributed by atoms with van der Waals surface area (Å²) in [5.74, 6) is -0.552. The topological polar surface area (TPSA) is 66.5 Å². The second-order valence-electron chi connectivity index (χ2n) is 6.78. The molecular formula is C19H24N2O3. The van der Waals surface area contributed by atoms with Crippen LogP contribution in [0, 0.1) is 18.8 Å². The third-order valence-electron chi connectivity index (χ3n) is 5.23. The van der Waals surface area contributed by atoms with E-state index in [0.717, 1.165) is 36.8 Å². The van der Waals surface area contributed by atoms with Crippen LogP contribution in [0.5, 0.6) is 0 Å². The number of fused-ring (bicyclic) bond motifs is 1. The normalized spacial score (nSPS) is 23.3. The third kappa shape index (κ3) is 3.35. The Labute approximate surface area is 142 Å². The van der Waals surface area contributed by atoms with Gasteiger partial charge in [-0.15, -0.1) is 0 Å². The fourth-order valence-electron chi connectivity index (χ4n) is 3.76. The summed E-state index contributed by atoms with van der Waals surface area (Å²) >= 11 is 0. The molecule has 1 aromatic carbocycles. The fraction of sp³-hybridized carbons (Fsp3) is 0.526. The molecule has 1 saturated carbocycles. The molecular weight excluding hydrogens is 304 g/mol. The van der Waals surface area contributed by atoms with Gasteiger partial charge in [0.25, 0.3) is 0 Å². The number of nitrogens with zero attached hydrogens (tertiary/aromatic N) is 1. The van der Waals surface area contributed by atoms with Crippen molar-refractivity contribution in [3.8, 4) is 0 Å². The summed E-state index contributed by atoms with van der Waals surface area (Å²) < 4.78 is 0. The van der Waals surface area contributed by atoms with Gasteiger partial charge in [-0.3, -0.25) is 19.3 Å². The van der Waals surface area contributed by atoms with Crippen LogP contribution < -0.4 is 5.32 Å². The number of carbonyl (C=O) groups is 3. The summed E-state index contributed by atoms with van der Waals surface area (Å²) in [6, 6.07) is 7.89. The number of rotatable bonds is 5. The van der Waals surface area contributed by atoms with Crippen LogP contribution in [0.4, 0.5) is 0 Å². The predicted molar refractivity (Wildman–Crippen MR) is 89.8 cm³/mol. The van der Waals surface area contributed by atoms with Crippen LogP contribution >= 0.6 is 0 Å². The average Bonchev–Trinajstić information content (AvgIpc) is 2.84. The van der Waals surface area contributed by atoms with Crippen LogP contribution in [0.3, 0.4) is 0 Å². The number of likely N-dealkylation sites (tertiary alicyclic amines) is 1. The Morgan fingerprint density at radius 1 is 1.12 bits per heavy atom. The molecule has 0 aromatic heterocycles. The number of imide groups is 1. The molecule has 0 spiro atoms. The summed E-state index contributed by atoms with van der Waals surface area (Å²) in [4.78, 5) is 38.1. The minimum absolute atomic E-state index is 0.0728. The number of hydrogen-bond donors (Lipinski definition) is 1. The first kappa shape index (κ1) is 16.7. The van der Waals surface area contributed by atoms with Crippen molar-refractivity contribution in [1.29, 1.82) is 0 Å². The van der Waals surface area contributed by atoms with Crippen molar-refractivity contribution in [2.45, 2.75) is 45.6 Å². The van der Waals surface area contributed by atoms with Gasteiger partial charge >= 0.3 is 0 Å². The van der Waals surface area contributed by atoms with Crippen molar-refractivity contribution in [2.24, 2.45) is 11.8 Å². The van der Waals surface area contributed by atoms with Gasteiger partial charge in [-0.05, 0) is 30.9 Å². The van der Waals surface area contributed by atoms with Crippen molar-refractivity contribution in [3.63, 3.8) is 0 Å². The summed E-state index contributed by atoms with van der Waals surface area (Å²) in [7, 11) is 0. The van der Waals surface area contributed by atoms with E-state index in [9.17, 15) is 14.4 Å². The number of aryl methyl sites for hydroxylation is 1. The highest BCUT2D eigenvalue weighted by Crippen LogP contribution is 2.37. The van der Waals surface area contributed by atoms with Gasteiger partial charge < -0.3 is 5.32 Å². The third-order valence-corrected chi connectivity index (χ3v) is 5.23. The molecule has 1 aliphatic carbocycles. The Bertz CT molecular complexity index is 632. The lowest BCUT2D eigenvalue weighted by Gasteiger charge is -2.19. The van der Waals surface area contributed by atoms with Crippen LogP contribution in [-0.2, 0) is 20.9 Å². The average molecular weight is 328 g/mol. The molecule has 2 aliphatic rings. The number of benzene rings is 1. The van der Waals surface area contributed by atoms with Crippen molar-refractivity contribution in [1.82, 2.24) is 10.2 Å². The monoisotopic (exact) mass is 328 g/mol. The van der Waals surface area contributed by atoms with E-state index < -0.39 is 0 Å². The molecule has 3 amide bonds. The number of amides is 3. The summed E-state index contributed by atoms with van der Waals surface area (Å²) in [5.41, 5.74) is 2.21. The number of carbonyl (C=O) groups excluding carboxylic acids is 3. The van der Waals surface area contributed by atoms with Crippen molar-refractivity contribution >= 4 is 17.7 Å². The second kappa shape index (κ2) is 7.16. The molecule has 5 nitrogen and oxygen atoms in total. The van der Waals surface area contributed by atoms with E-state index in [1.165, 1.54) is 4.90 Å². The van der Waals surface area contributed by atoms with Crippen LogP contribution in [-0.4, -0.2) is 29.2 Å². The molecule has 2 fully saturated rings. The Hall–Kier alpha value is -2.17. The molecule has 3 rings (SSSR count). The molecule has 0 unspecified atom stereocenters. The Kier molecular flexibility index (Phi) is 4.97. The number of nitrogens with one attached hydrogen (secondary N) is 1. The summed E-state index contributed by atoms with van der Waals surface area (Å²) in [6.07, 6.45) is 3.83. The number of hydrogen-bond acceptors (Lipinski definition) is 3. The Morgan fingerprint density at radius 2 is 1.75 bits per heavy atom. The summed E-state index contributed by atoms with van der Waals surface area (Å²) in [5, 5.41) is 2.87. The zero-order valence-electron chi connectivity index (χ0n) is 14.1. The van der Waals surface area contributed by atoms with E-state index in [0.29, 0.717) is 6.54 Å². The maximum Gasteiger partial charge on any atom is 0.233 e. The highest BCUT2D eigenvalue weighted by Gasteiger charge is 2.47. The molecule has 1 aliphatic heterocycles. The van der Waals surface area contributed by atoms with Gasteiger partial charge in [-0.2, -0.15) is 0 Å². The maximum absolute atomic E-state index is 12.4. The minimum Gasteiger partial charge on any atom is -0.352 e. The minimum atomic E-state index is -0.138. The van der Waals surface area contributed by atoms with Gasteiger partial charge in [0.15, 0.2) is 0 Å². The molecule has 1 saturated heterocycles. The molecule has 0 bridgehead atoms. The van der Waals surface area contributed by atoms with Gasteiger partial charge in [0.1, 0.15) is 0 Å². The lowest BCUT2D eigenvalue weighted by Crippen LogP contribution is -2.35. The highest BCUT2D eigenvalue weighted by atomic mass is 16.2. The SMILES string of the molecule is Cc1ccccc1CNC(=O)CCN1C(=O)[C@H]2CCCC[C@@H]2C1=O. The first-order chi connectivity index (χ1) is 11.6. The van der Waals surface area contributed by atoms with Gasteiger partial charge in [0.2, 0.25) is 17.7 Å². The van der Waals surface area contributed by atoms with Crippen LogP contribution in [0.25, 0.3) is 0 Å². The van der Waals surface area contributed by atoms with Gasteiger partial charge in [-0.25, -0.2) is 0 Å². The highest BCUT2D eigenvalue weighted by molar-refractivity contribution is 6.05. The summed E-state index contributed by atoms with van der Waals surface area (Å²) in [6.45, 7) is 2.67. The molecule has 1 heterocycles. The molecule has 1 N–H and O–H groups in total. The van der Waals surface area contributed by atoms with Crippen molar-refractivity contribution in [2.75, 3.05) is 6.54 Å². The lowest BCUT2D eigenvalue weighted by atomic mass is 9.81. The first-order valence-corrected chi connectivity index (χ1v) is 8.74. The molecule has 128 valence electrons. The van der Waals surface area contributed by atoms with Gasteiger partial charge in [0.05, 0.1) is 11.8 Å². The predicted octanol–water partition coefficient (Wildman–Crippen LogP) is 2.18. The zero-order valence-corrected chi connectivity index (χ0v) is 14.1.